The number of piperidine rings is 1. The van der Waals surface area contributed by atoms with Gasteiger partial charge in [0, 0.05) is 18.3 Å². The maximum absolute atomic E-state index is 12.2. The standard InChI is InChI=1S/C14H21N3O.ClH/c1-10-5-4-6-11(16-10)13(18)17-12-7-8-15-9-14(12,2)3;/h4-6,12,15H,7-9H2,1-3H3,(H,17,18);1H. The van der Waals surface area contributed by atoms with E-state index < -0.39 is 0 Å². The Hall–Kier alpha value is -1.13. The van der Waals surface area contributed by atoms with Crippen LogP contribution in [-0.2, 0) is 0 Å². The van der Waals surface area contributed by atoms with Crippen LogP contribution in [0.25, 0.3) is 0 Å². The molecule has 0 spiro atoms. The number of rotatable bonds is 2. The van der Waals surface area contributed by atoms with Gasteiger partial charge in [-0.15, -0.1) is 12.4 Å². The van der Waals surface area contributed by atoms with Crippen molar-refractivity contribution in [2.24, 2.45) is 5.41 Å². The molecule has 106 valence electrons. The van der Waals surface area contributed by atoms with E-state index in [0.717, 1.165) is 25.2 Å². The fourth-order valence-corrected chi connectivity index (χ4v) is 2.34. The summed E-state index contributed by atoms with van der Waals surface area (Å²) < 4.78 is 0. The lowest BCUT2D eigenvalue weighted by Gasteiger charge is -2.39. The number of nitrogens with one attached hydrogen (secondary N) is 2. The highest BCUT2D eigenvalue weighted by Gasteiger charge is 2.33. The Balaban J connectivity index is 0.00000180. The summed E-state index contributed by atoms with van der Waals surface area (Å²) >= 11 is 0. The average molecular weight is 284 g/mol. The third kappa shape index (κ3) is 3.91. The third-order valence-electron chi connectivity index (χ3n) is 3.56. The number of amides is 1. The van der Waals surface area contributed by atoms with E-state index in [1.807, 2.05) is 19.1 Å². The first kappa shape index (κ1) is 15.9. The van der Waals surface area contributed by atoms with Gasteiger partial charge in [0.15, 0.2) is 0 Å². The van der Waals surface area contributed by atoms with Crippen LogP contribution in [0.1, 0.15) is 36.5 Å². The molecule has 1 amide bonds. The van der Waals surface area contributed by atoms with Crippen LogP contribution in [0.5, 0.6) is 0 Å². The van der Waals surface area contributed by atoms with Crippen molar-refractivity contribution in [3.05, 3.63) is 29.6 Å². The number of pyridine rings is 1. The van der Waals surface area contributed by atoms with E-state index in [2.05, 4.69) is 29.5 Å². The van der Waals surface area contributed by atoms with E-state index in [9.17, 15) is 4.79 Å². The molecule has 2 rings (SSSR count). The van der Waals surface area contributed by atoms with Gasteiger partial charge in [-0.1, -0.05) is 19.9 Å². The molecule has 0 radical (unpaired) electrons. The van der Waals surface area contributed by atoms with E-state index in [1.54, 1.807) is 6.07 Å². The number of nitrogens with zero attached hydrogens (tertiary/aromatic N) is 1. The molecule has 1 aliphatic rings. The number of carbonyl (C=O) groups excluding carboxylic acids is 1. The lowest BCUT2D eigenvalue weighted by molar-refractivity contribution is 0.0863. The quantitative estimate of drug-likeness (QED) is 0.872. The van der Waals surface area contributed by atoms with Crippen molar-refractivity contribution in [1.29, 1.82) is 0 Å². The number of hydrogen-bond acceptors (Lipinski definition) is 3. The molecule has 1 fully saturated rings. The number of carbonyl (C=O) groups is 1. The van der Waals surface area contributed by atoms with Crippen LogP contribution in [0.4, 0.5) is 0 Å². The van der Waals surface area contributed by atoms with Crippen molar-refractivity contribution < 1.29 is 4.79 Å². The normalized spacial score (nSPS) is 21.3. The molecule has 1 aromatic heterocycles. The summed E-state index contributed by atoms with van der Waals surface area (Å²) in [6, 6.07) is 5.72. The predicted molar refractivity (Wildman–Crippen MR) is 78.7 cm³/mol. The van der Waals surface area contributed by atoms with Gasteiger partial charge in [-0.3, -0.25) is 4.79 Å². The smallest absolute Gasteiger partial charge is 0.270 e. The minimum atomic E-state index is -0.0707. The van der Waals surface area contributed by atoms with Gasteiger partial charge in [-0.05, 0) is 37.4 Å². The van der Waals surface area contributed by atoms with Gasteiger partial charge in [-0.2, -0.15) is 0 Å². The zero-order valence-corrected chi connectivity index (χ0v) is 12.5. The zero-order valence-electron chi connectivity index (χ0n) is 11.7. The van der Waals surface area contributed by atoms with E-state index in [0.29, 0.717) is 5.69 Å². The lowest BCUT2D eigenvalue weighted by Crippen LogP contribution is -2.54. The second-order valence-electron chi connectivity index (χ2n) is 5.64. The summed E-state index contributed by atoms with van der Waals surface area (Å²) in [7, 11) is 0. The Morgan fingerprint density at radius 2 is 2.21 bits per heavy atom. The van der Waals surface area contributed by atoms with Crippen LogP contribution in [0.2, 0.25) is 0 Å². The lowest BCUT2D eigenvalue weighted by atomic mass is 9.80. The molecule has 1 unspecified atom stereocenters. The van der Waals surface area contributed by atoms with Gasteiger partial charge in [0.05, 0.1) is 0 Å². The number of hydrogen-bond donors (Lipinski definition) is 2. The molecular formula is C14H22ClN3O. The van der Waals surface area contributed by atoms with Crippen LogP contribution >= 0.6 is 12.4 Å². The van der Waals surface area contributed by atoms with E-state index in [1.165, 1.54) is 0 Å². The zero-order chi connectivity index (χ0) is 13.2. The fraction of sp³-hybridized carbons (Fsp3) is 0.571. The molecule has 0 aromatic carbocycles. The summed E-state index contributed by atoms with van der Waals surface area (Å²) in [5.41, 5.74) is 1.45. The summed E-state index contributed by atoms with van der Waals surface area (Å²) in [6.07, 6.45) is 0.963. The van der Waals surface area contributed by atoms with Crippen LogP contribution in [-0.4, -0.2) is 30.0 Å². The molecule has 4 nitrogen and oxygen atoms in total. The van der Waals surface area contributed by atoms with E-state index in [4.69, 9.17) is 0 Å². The van der Waals surface area contributed by atoms with Crippen molar-refractivity contribution in [2.45, 2.75) is 33.2 Å². The van der Waals surface area contributed by atoms with E-state index in [-0.39, 0.29) is 29.8 Å². The largest absolute Gasteiger partial charge is 0.347 e. The third-order valence-corrected chi connectivity index (χ3v) is 3.56. The first-order chi connectivity index (χ1) is 8.49. The fourth-order valence-electron chi connectivity index (χ4n) is 2.34. The van der Waals surface area contributed by atoms with Gasteiger partial charge in [0.25, 0.3) is 5.91 Å². The van der Waals surface area contributed by atoms with Crippen LogP contribution < -0.4 is 10.6 Å². The maximum atomic E-state index is 12.2. The summed E-state index contributed by atoms with van der Waals surface area (Å²) in [5, 5.41) is 6.47. The minimum Gasteiger partial charge on any atom is -0.347 e. The van der Waals surface area contributed by atoms with Crippen molar-refractivity contribution in [1.82, 2.24) is 15.6 Å². The number of halogens is 1. The first-order valence-corrected chi connectivity index (χ1v) is 6.44. The Morgan fingerprint density at radius 3 is 2.84 bits per heavy atom. The average Bonchev–Trinajstić information content (AvgIpc) is 2.31. The van der Waals surface area contributed by atoms with Gasteiger partial charge < -0.3 is 10.6 Å². The monoisotopic (exact) mass is 283 g/mol. The van der Waals surface area contributed by atoms with Gasteiger partial charge in [0.2, 0.25) is 0 Å². The molecular weight excluding hydrogens is 262 g/mol. The van der Waals surface area contributed by atoms with Crippen molar-refractivity contribution in [3.8, 4) is 0 Å². The Labute approximate surface area is 120 Å². The van der Waals surface area contributed by atoms with Crippen molar-refractivity contribution in [2.75, 3.05) is 13.1 Å². The van der Waals surface area contributed by atoms with Crippen LogP contribution in [0, 0.1) is 12.3 Å². The molecule has 0 bridgehead atoms. The highest BCUT2D eigenvalue weighted by molar-refractivity contribution is 5.92. The summed E-state index contributed by atoms with van der Waals surface area (Å²) in [5.74, 6) is -0.0707. The molecule has 2 N–H and O–H groups in total. The summed E-state index contributed by atoms with van der Waals surface area (Å²) in [6.45, 7) is 8.13. The van der Waals surface area contributed by atoms with Gasteiger partial charge in [-0.25, -0.2) is 4.98 Å². The Morgan fingerprint density at radius 1 is 1.47 bits per heavy atom. The molecule has 1 aliphatic heterocycles. The highest BCUT2D eigenvalue weighted by atomic mass is 35.5. The maximum Gasteiger partial charge on any atom is 0.270 e. The molecule has 0 aliphatic carbocycles. The summed E-state index contributed by atoms with van der Waals surface area (Å²) in [4.78, 5) is 16.4. The molecule has 1 atom stereocenters. The molecule has 1 aromatic rings. The molecule has 2 heterocycles. The number of aromatic nitrogens is 1. The Kier molecular flexibility index (Phi) is 5.32. The molecule has 0 saturated carbocycles. The topological polar surface area (TPSA) is 54.0 Å². The van der Waals surface area contributed by atoms with Crippen LogP contribution in [0.3, 0.4) is 0 Å². The first-order valence-electron chi connectivity index (χ1n) is 6.44. The van der Waals surface area contributed by atoms with Crippen molar-refractivity contribution in [3.63, 3.8) is 0 Å². The second-order valence-corrected chi connectivity index (χ2v) is 5.64. The van der Waals surface area contributed by atoms with E-state index >= 15 is 0 Å². The second kappa shape index (κ2) is 6.35. The molecule has 5 heteroatoms. The number of aryl methyl sites for hydroxylation is 1. The van der Waals surface area contributed by atoms with Crippen molar-refractivity contribution >= 4 is 18.3 Å². The molecule has 1 saturated heterocycles. The van der Waals surface area contributed by atoms with Gasteiger partial charge >= 0.3 is 0 Å². The van der Waals surface area contributed by atoms with Gasteiger partial charge in [0.1, 0.15) is 5.69 Å². The Bertz CT molecular complexity index is 448. The molecule has 19 heavy (non-hydrogen) atoms. The predicted octanol–water partition coefficient (Wildman–Crippen LogP) is 1.93. The van der Waals surface area contributed by atoms with Crippen LogP contribution in [0.15, 0.2) is 18.2 Å². The SMILES string of the molecule is Cc1cccc(C(=O)NC2CCNCC2(C)C)n1.Cl. The highest BCUT2D eigenvalue weighted by Crippen LogP contribution is 2.25. The minimum absolute atomic E-state index is 0.